The van der Waals surface area contributed by atoms with Gasteiger partial charge in [0.2, 0.25) is 0 Å². The van der Waals surface area contributed by atoms with E-state index in [1.807, 2.05) is 62.6 Å². The van der Waals surface area contributed by atoms with Gasteiger partial charge in [-0.1, -0.05) is 47.5 Å². The second-order valence-corrected chi connectivity index (χ2v) is 6.03. The fourth-order valence-corrected chi connectivity index (χ4v) is 2.27. The van der Waals surface area contributed by atoms with Crippen LogP contribution in [0.25, 0.3) is 0 Å². The molecule has 0 aliphatic carbocycles. The van der Waals surface area contributed by atoms with Gasteiger partial charge in [-0.15, -0.1) is 0 Å². The normalized spacial score (nSPS) is 11.3. The molecular weight excluding hydrogens is 305 g/mol. The van der Waals surface area contributed by atoms with Crippen LogP contribution in [0.1, 0.15) is 17.2 Å². The molecule has 0 bridgehead atoms. The van der Waals surface area contributed by atoms with Crippen LogP contribution < -0.4 is 0 Å². The van der Waals surface area contributed by atoms with Crippen LogP contribution in [0.2, 0.25) is 10.0 Å². The topological polar surface area (TPSA) is 12.5 Å². The van der Waals surface area contributed by atoms with Gasteiger partial charge in [-0.3, -0.25) is 0 Å². The van der Waals surface area contributed by atoms with Crippen LogP contribution in [-0.2, 0) is 4.74 Å². The minimum atomic E-state index is -0.112. The van der Waals surface area contributed by atoms with Gasteiger partial charge < -0.3 is 9.64 Å². The molecule has 0 atom stereocenters. The zero-order valence-electron chi connectivity index (χ0n) is 12.2. The molecule has 2 rings (SSSR count). The summed E-state index contributed by atoms with van der Waals surface area (Å²) >= 11 is 11.9. The molecule has 0 saturated carbocycles. The van der Waals surface area contributed by atoms with Crippen molar-refractivity contribution < 1.29 is 4.74 Å². The zero-order valence-corrected chi connectivity index (χ0v) is 13.7. The Balaban J connectivity index is 2.21. The Labute approximate surface area is 136 Å². The maximum atomic E-state index is 6.08. The molecule has 0 radical (unpaired) electrons. The number of rotatable bonds is 6. The number of likely N-dealkylation sites (N-methyl/N-ethyl adjacent to an activating group) is 1. The molecule has 0 amide bonds. The molecule has 0 aromatic heterocycles. The van der Waals surface area contributed by atoms with Crippen molar-refractivity contribution in [3.63, 3.8) is 0 Å². The monoisotopic (exact) mass is 323 g/mol. The van der Waals surface area contributed by atoms with Crippen molar-refractivity contribution in [3.8, 4) is 0 Å². The molecule has 4 heteroatoms. The third kappa shape index (κ3) is 5.01. The fraction of sp³-hybridized carbons (Fsp3) is 0.294. The van der Waals surface area contributed by atoms with Gasteiger partial charge in [0.05, 0.1) is 6.61 Å². The standard InChI is InChI=1S/C17H19Cl2NO/c1-20(2)11-12-21-17(13-3-7-15(18)8-4-13)14-5-9-16(19)10-6-14/h3-10,17H,11-12H2,1-2H3. The van der Waals surface area contributed by atoms with Crippen LogP contribution in [0.5, 0.6) is 0 Å². The summed E-state index contributed by atoms with van der Waals surface area (Å²) in [5, 5.41) is 1.45. The summed E-state index contributed by atoms with van der Waals surface area (Å²) in [6.45, 7) is 1.53. The van der Waals surface area contributed by atoms with Gasteiger partial charge in [-0.2, -0.15) is 0 Å². The van der Waals surface area contributed by atoms with E-state index in [0.717, 1.165) is 27.7 Å². The molecule has 112 valence electrons. The molecule has 0 unspecified atom stereocenters. The molecule has 0 aliphatic heterocycles. The van der Waals surface area contributed by atoms with E-state index in [9.17, 15) is 0 Å². The van der Waals surface area contributed by atoms with Crippen molar-refractivity contribution >= 4 is 23.2 Å². The third-order valence-corrected chi connectivity index (χ3v) is 3.67. The highest BCUT2D eigenvalue weighted by Crippen LogP contribution is 2.28. The van der Waals surface area contributed by atoms with Crippen molar-refractivity contribution in [2.75, 3.05) is 27.2 Å². The van der Waals surface area contributed by atoms with Crippen LogP contribution >= 0.6 is 23.2 Å². The SMILES string of the molecule is CN(C)CCOC(c1ccc(Cl)cc1)c1ccc(Cl)cc1. The smallest absolute Gasteiger partial charge is 0.108 e. The predicted molar refractivity (Wildman–Crippen MR) is 89.3 cm³/mol. The van der Waals surface area contributed by atoms with E-state index in [-0.39, 0.29) is 6.10 Å². The molecule has 21 heavy (non-hydrogen) atoms. The lowest BCUT2D eigenvalue weighted by atomic mass is 10.0. The van der Waals surface area contributed by atoms with Gasteiger partial charge >= 0.3 is 0 Å². The maximum Gasteiger partial charge on any atom is 0.108 e. The van der Waals surface area contributed by atoms with Gasteiger partial charge in [-0.05, 0) is 49.5 Å². The lowest BCUT2D eigenvalue weighted by molar-refractivity contribution is 0.0687. The Morgan fingerprint density at radius 2 is 1.29 bits per heavy atom. The second-order valence-electron chi connectivity index (χ2n) is 5.16. The Morgan fingerprint density at radius 3 is 1.67 bits per heavy atom. The van der Waals surface area contributed by atoms with E-state index >= 15 is 0 Å². The summed E-state index contributed by atoms with van der Waals surface area (Å²) in [7, 11) is 4.06. The summed E-state index contributed by atoms with van der Waals surface area (Å²) in [5.74, 6) is 0. The minimum absolute atomic E-state index is 0.112. The Morgan fingerprint density at radius 1 is 0.857 bits per heavy atom. The molecule has 0 spiro atoms. The van der Waals surface area contributed by atoms with Crippen molar-refractivity contribution in [3.05, 3.63) is 69.7 Å². The van der Waals surface area contributed by atoms with Crippen molar-refractivity contribution in [1.29, 1.82) is 0 Å². The number of ether oxygens (including phenoxy) is 1. The van der Waals surface area contributed by atoms with Crippen molar-refractivity contribution in [2.45, 2.75) is 6.10 Å². The van der Waals surface area contributed by atoms with Crippen LogP contribution in [0, 0.1) is 0 Å². The van der Waals surface area contributed by atoms with E-state index in [1.165, 1.54) is 0 Å². The minimum Gasteiger partial charge on any atom is -0.367 e. The van der Waals surface area contributed by atoms with Crippen LogP contribution in [0.3, 0.4) is 0 Å². The number of hydrogen-bond acceptors (Lipinski definition) is 2. The highest BCUT2D eigenvalue weighted by Gasteiger charge is 2.15. The summed E-state index contributed by atoms with van der Waals surface area (Å²) < 4.78 is 6.08. The zero-order chi connectivity index (χ0) is 15.2. The van der Waals surface area contributed by atoms with Gasteiger partial charge in [0.15, 0.2) is 0 Å². The largest absolute Gasteiger partial charge is 0.367 e. The number of nitrogens with zero attached hydrogens (tertiary/aromatic N) is 1. The summed E-state index contributed by atoms with van der Waals surface area (Å²) in [6.07, 6.45) is -0.112. The highest BCUT2D eigenvalue weighted by atomic mass is 35.5. The van der Waals surface area contributed by atoms with Gasteiger partial charge in [0, 0.05) is 16.6 Å². The number of benzene rings is 2. The molecule has 2 aromatic carbocycles. The third-order valence-electron chi connectivity index (χ3n) is 3.17. The van der Waals surface area contributed by atoms with Crippen LogP contribution in [0.15, 0.2) is 48.5 Å². The fourth-order valence-electron chi connectivity index (χ4n) is 2.01. The summed E-state index contributed by atoms with van der Waals surface area (Å²) in [6, 6.07) is 15.5. The van der Waals surface area contributed by atoms with Gasteiger partial charge in [0.1, 0.15) is 6.10 Å². The van der Waals surface area contributed by atoms with Crippen molar-refractivity contribution in [2.24, 2.45) is 0 Å². The van der Waals surface area contributed by atoms with E-state index in [2.05, 4.69) is 4.90 Å². The van der Waals surface area contributed by atoms with Gasteiger partial charge in [-0.25, -0.2) is 0 Å². The quantitative estimate of drug-likeness (QED) is 0.766. The van der Waals surface area contributed by atoms with E-state index in [1.54, 1.807) is 0 Å². The molecule has 0 fully saturated rings. The molecule has 2 aromatic rings. The lowest BCUT2D eigenvalue weighted by Crippen LogP contribution is -2.20. The molecule has 0 N–H and O–H groups in total. The molecule has 0 aliphatic rings. The maximum absolute atomic E-state index is 6.08. The highest BCUT2D eigenvalue weighted by molar-refractivity contribution is 6.30. The Hall–Kier alpha value is -1.06. The average Bonchev–Trinajstić information content (AvgIpc) is 2.46. The molecular formula is C17H19Cl2NO. The van der Waals surface area contributed by atoms with E-state index in [0.29, 0.717) is 6.61 Å². The van der Waals surface area contributed by atoms with Crippen LogP contribution in [0.4, 0.5) is 0 Å². The Bertz CT molecular complexity index is 507. The first-order valence-corrected chi connectivity index (χ1v) is 7.59. The first-order chi connectivity index (χ1) is 10.1. The first kappa shape index (κ1) is 16.3. The first-order valence-electron chi connectivity index (χ1n) is 6.83. The van der Waals surface area contributed by atoms with Gasteiger partial charge in [0.25, 0.3) is 0 Å². The summed E-state index contributed by atoms with van der Waals surface area (Å²) in [4.78, 5) is 2.10. The average molecular weight is 324 g/mol. The Kier molecular flexibility index (Phi) is 6.07. The predicted octanol–water partition coefficient (Wildman–Crippen LogP) is 4.66. The van der Waals surface area contributed by atoms with Crippen molar-refractivity contribution in [1.82, 2.24) is 4.90 Å². The molecule has 2 nitrogen and oxygen atoms in total. The molecule has 0 heterocycles. The van der Waals surface area contributed by atoms with E-state index < -0.39 is 0 Å². The second kappa shape index (κ2) is 7.81. The molecule has 0 saturated heterocycles. The number of halogens is 2. The number of hydrogen-bond donors (Lipinski definition) is 0. The lowest BCUT2D eigenvalue weighted by Gasteiger charge is -2.20. The van der Waals surface area contributed by atoms with Crippen LogP contribution in [-0.4, -0.2) is 32.1 Å². The summed E-state index contributed by atoms with van der Waals surface area (Å²) in [5.41, 5.74) is 2.17. The van der Waals surface area contributed by atoms with E-state index in [4.69, 9.17) is 27.9 Å².